The predicted molar refractivity (Wildman–Crippen MR) is 100 cm³/mol. The van der Waals surface area contributed by atoms with E-state index in [2.05, 4.69) is 9.88 Å². The molecule has 9 nitrogen and oxygen atoms in total. The van der Waals surface area contributed by atoms with Gasteiger partial charge < -0.3 is 4.74 Å². The second-order valence-corrected chi connectivity index (χ2v) is 7.52. The van der Waals surface area contributed by atoms with Crippen molar-refractivity contribution in [1.29, 1.82) is 0 Å². The average molecular weight is 377 g/mol. The molecule has 0 atom stereocenters. The van der Waals surface area contributed by atoms with Crippen molar-refractivity contribution in [3.63, 3.8) is 0 Å². The lowest BCUT2D eigenvalue weighted by atomic mass is 10.1. The van der Waals surface area contributed by atoms with Crippen LogP contribution in [0, 0.1) is 5.92 Å². The Balaban J connectivity index is 1.81. The van der Waals surface area contributed by atoms with Crippen LogP contribution in [0.3, 0.4) is 0 Å². The highest BCUT2D eigenvalue weighted by Crippen LogP contribution is 2.10. The summed E-state index contributed by atoms with van der Waals surface area (Å²) in [5, 5.41) is 0. The molecule has 2 aromatic heterocycles. The monoisotopic (exact) mass is 377 g/mol. The molecule has 0 bridgehead atoms. The van der Waals surface area contributed by atoms with E-state index in [1.165, 1.54) is 28.9 Å². The molecule has 148 valence electrons. The quantitative estimate of drug-likeness (QED) is 0.683. The highest BCUT2D eigenvalue weighted by Gasteiger charge is 2.19. The molecule has 0 aromatic carbocycles. The van der Waals surface area contributed by atoms with Gasteiger partial charge in [-0.15, -0.1) is 0 Å². The molecular formula is C18H27N5O4. The van der Waals surface area contributed by atoms with Gasteiger partial charge in [-0.3, -0.25) is 28.2 Å². The van der Waals surface area contributed by atoms with E-state index in [0.29, 0.717) is 12.2 Å². The number of carbonyl (C=O) groups excluding carboxylic acids is 1. The van der Waals surface area contributed by atoms with Crippen LogP contribution in [-0.2, 0) is 29.9 Å². The van der Waals surface area contributed by atoms with Crippen molar-refractivity contribution in [2.75, 3.05) is 19.6 Å². The highest BCUT2D eigenvalue weighted by molar-refractivity contribution is 5.72. The van der Waals surface area contributed by atoms with E-state index >= 15 is 0 Å². The summed E-state index contributed by atoms with van der Waals surface area (Å²) in [6, 6.07) is 0. The molecule has 1 aliphatic heterocycles. The van der Waals surface area contributed by atoms with Gasteiger partial charge in [0.1, 0.15) is 6.33 Å². The molecule has 1 fully saturated rings. The summed E-state index contributed by atoms with van der Waals surface area (Å²) < 4.78 is 9.40. The molecule has 0 radical (unpaired) electrons. The number of esters is 1. The Morgan fingerprint density at radius 1 is 1.22 bits per heavy atom. The number of rotatable bonds is 6. The van der Waals surface area contributed by atoms with Crippen molar-refractivity contribution in [2.24, 2.45) is 13.0 Å². The number of imidazole rings is 1. The van der Waals surface area contributed by atoms with Gasteiger partial charge in [-0.05, 0) is 31.8 Å². The van der Waals surface area contributed by atoms with E-state index in [-0.39, 0.29) is 30.7 Å². The van der Waals surface area contributed by atoms with E-state index in [9.17, 15) is 14.4 Å². The fourth-order valence-corrected chi connectivity index (χ4v) is 3.42. The number of ether oxygens (including phenoxy) is 1. The fourth-order valence-electron chi connectivity index (χ4n) is 3.42. The lowest BCUT2D eigenvalue weighted by Crippen LogP contribution is -2.39. The fraction of sp³-hybridized carbons (Fsp3) is 0.667. The van der Waals surface area contributed by atoms with Crippen molar-refractivity contribution in [1.82, 2.24) is 23.6 Å². The van der Waals surface area contributed by atoms with Gasteiger partial charge in [-0.2, -0.15) is 0 Å². The lowest BCUT2D eigenvalue weighted by molar-refractivity contribution is -0.148. The number of piperidine rings is 1. The normalized spacial score (nSPS) is 15.6. The van der Waals surface area contributed by atoms with Crippen LogP contribution in [0.4, 0.5) is 0 Å². The SMILES string of the molecule is CC(C)Cn1c(=O)n(C)c(=O)c2c1ncn2COC(=O)CN1CCCCC1. The first-order valence-electron chi connectivity index (χ1n) is 9.41. The zero-order valence-electron chi connectivity index (χ0n) is 16.2. The van der Waals surface area contributed by atoms with Crippen LogP contribution < -0.4 is 11.2 Å². The molecule has 1 saturated heterocycles. The minimum atomic E-state index is -0.445. The Bertz CT molecular complexity index is 934. The summed E-state index contributed by atoms with van der Waals surface area (Å²) in [7, 11) is 1.45. The summed E-state index contributed by atoms with van der Waals surface area (Å²) in [5.74, 6) is -0.109. The van der Waals surface area contributed by atoms with E-state index < -0.39 is 11.2 Å². The highest BCUT2D eigenvalue weighted by atomic mass is 16.5. The van der Waals surface area contributed by atoms with Crippen LogP contribution in [0.2, 0.25) is 0 Å². The molecule has 27 heavy (non-hydrogen) atoms. The number of fused-ring (bicyclic) bond motifs is 1. The zero-order valence-corrected chi connectivity index (χ0v) is 16.2. The molecule has 0 aliphatic carbocycles. The van der Waals surface area contributed by atoms with E-state index in [4.69, 9.17) is 4.74 Å². The molecule has 9 heteroatoms. The molecule has 0 unspecified atom stereocenters. The number of hydrogen-bond acceptors (Lipinski definition) is 6. The molecule has 3 rings (SSSR count). The number of nitrogens with zero attached hydrogens (tertiary/aromatic N) is 5. The first-order chi connectivity index (χ1) is 12.9. The minimum absolute atomic E-state index is 0.0989. The van der Waals surface area contributed by atoms with Gasteiger partial charge >= 0.3 is 11.7 Å². The van der Waals surface area contributed by atoms with Crippen LogP contribution in [-0.4, -0.2) is 49.2 Å². The van der Waals surface area contributed by atoms with Gasteiger partial charge in [0.05, 0.1) is 6.54 Å². The standard InChI is InChI=1S/C18H27N5O4/c1-13(2)9-23-16-15(17(25)20(3)18(23)26)22(11-19-16)12-27-14(24)10-21-7-5-4-6-8-21/h11,13H,4-10,12H2,1-3H3. The first-order valence-corrected chi connectivity index (χ1v) is 9.41. The number of carbonyl (C=O) groups is 1. The van der Waals surface area contributed by atoms with Crippen LogP contribution in [0.1, 0.15) is 33.1 Å². The van der Waals surface area contributed by atoms with Crippen LogP contribution in [0.25, 0.3) is 11.2 Å². The number of likely N-dealkylation sites (tertiary alicyclic amines) is 1. The van der Waals surface area contributed by atoms with Crippen LogP contribution in [0.15, 0.2) is 15.9 Å². The molecule has 0 saturated carbocycles. The molecule has 3 heterocycles. The summed E-state index contributed by atoms with van der Waals surface area (Å²) in [5.41, 5.74) is -0.250. The van der Waals surface area contributed by atoms with E-state index in [1.807, 2.05) is 13.8 Å². The van der Waals surface area contributed by atoms with E-state index in [0.717, 1.165) is 30.5 Å². The third-order valence-electron chi connectivity index (χ3n) is 4.81. The van der Waals surface area contributed by atoms with Crippen LogP contribution in [0.5, 0.6) is 0 Å². The summed E-state index contributed by atoms with van der Waals surface area (Å²) in [4.78, 5) is 43.4. The van der Waals surface area contributed by atoms with Crippen molar-refractivity contribution in [2.45, 2.75) is 46.4 Å². The predicted octanol–water partition coefficient (Wildman–Crippen LogP) is 0.539. The third-order valence-corrected chi connectivity index (χ3v) is 4.81. The Kier molecular flexibility index (Phi) is 5.79. The molecule has 1 aliphatic rings. The maximum Gasteiger partial charge on any atom is 0.332 e. The van der Waals surface area contributed by atoms with Gasteiger partial charge in [-0.25, -0.2) is 9.78 Å². The zero-order chi connectivity index (χ0) is 19.6. The van der Waals surface area contributed by atoms with E-state index in [1.54, 1.807) is 0 Å². The molecular weight excluding hydrogens is 350 g/mol. The summed E-state index contributed by atoms with van der Waals surface area (Å²) >= 11 is 0. The molecule has 2 aromatic rings. The van der Waals surface area contributed by atoms with Crippen molar-refractivity contribution < 1.29 is 9.53 Å². The maximum absolute atomic E-state index is 12.6. The largest absolute Gasteiger partial charge is 0.443 e. The smallest absolute Gasteiger partial charge is 0.332 e. The maximum atomic E-state index is 12.6. The Morgan fingerprint density at radius 3 is 2.59 bits per heavy atom. The van der Waals surface area contributed by atoms with Gasteiger partial charge in [0.25, 0.3) is 5.56 Å². The van der Waals surface area contributed by atoms with Crippen LogP contribution >= 0.6 is 0 Å². The Labute approximate surface area is 157 Å². The lowest BCUT2D eigenvalue weighted by Gasteiger charge is -2.25. The second-order valence-electron chi connectivity index (χ2n) is 7.52. The molecule has 0 N–H and O–H groups in total. The third kappa shape index (κ3) is 4.13. The summed E-state index contributed by atoms with van der Waals surface area (Å²) in [6.45, 7) is 6.40. The minimum Gasteiger partial charge on any atom is -0.443 e. The number of hydrogen-bond donors (Lipinski definition) is 0. The van der Waals surface area contributed by atoms with Gasteiger partial charge in [0, 0.05) is 13.6 Å². The molecule has 0 spiro atoms. The van der Waals surface area contributed by atoms with Gasteiger partial charge in [-0.1, -0.05) is 20.3 Å². The van der Waals surface area contributed by atoms with Crippen molar-refractivity contribution in [3.05, 3.63) is 27.2 Å². The number of aromatic nitrogens is 4. The Morgan fingerprint density at radius 2 is 1.93 bits per heavy atom. The first kappa shape index (κ1) is 19.3. The van der Waals surface area contributed by atoms with Crippen molar-refractivity contribution >= 4 is 17.1 Å². The summed E-state index contributed by atoms with van der Waals surface area (Å²) in [6.07, 6.45) is 4.84. The van der Waals surface area contributed by atoms with Gasteiger partial charge in [0.15, 0.2) is 17.9 Å². The Hall–Kier alpha value is -2.42. The van der Waals surface area contributed by atoms with Gasteiger partial charge in [0.2, 0.25) is 0 Å². The topological polar surface area (TPSA) is 91.4 Å². The van der Waals surface area contributed by atoms with Crippen molar-refractivity contribution in [3.8, 4) is 0 Å². The second kappa shape index (κ2) is 8.08. The molecule has 0 amide bonds. The average Bonchev–Trinajstić information content (AvgIpc) is 3.06.